The van der Waals surface area contributed by atoms with Crippen LogP contribution >= 0.6 is 12.4 Å². The number of nitrogens with one attached hydrogen (secondary N) is 1. The molecule has 3 aliphatic rings. The van der Waals surface area contributed by atoms with Gasteiger partial charge in [0, 0.05) is 17.5 Å². The monoisotopic (exact) mass is 472 g/mol. The number of ether oxygens (including phenoxy) is 1. The quantitative estimate of drug-likeness (QED) is 0.647. The van der Waals surface area contributed by atoms with Gasteiger partial charge >= 0.3 is 0 Å². The van der Waals surface area contributed by atoms with Gasteiger partial charge in [-0.25, -0.2) is 0 Å². The Labute approximate surface area is 206 Å². The summed E-state index contributed by atoms with van der Waals surface area (Å²) in [6.45, 7) is 3.22. The predicted octanol–water partition coefficient (Wildman–Crippen LogP) is 5.13. The molecule has 2 aromatic rings. The minimum atomic E-state index is -0.420. The summed E-state index contributed by atoms with van der Waals surface area (Å²) in [5.41, 5.74) is 4.63. The van der Waals surface area contributed by atoms with Crippen molar-refractivity contribution >= 4 is 12.4 Å². The molecule has 1 saturated heterocycles. The van der Waals surface area contributed by atoms with Gasteiger partial charge in [0.2, 0.25) is 0 Å². The Morgan fingerprint density at radius 1 is 1.12 bits per heavy atom. The molecule has 0 radical (unpaired) electrons. The van der Waals surface area contributed by atoms with Crippen molar-refractivity contribution < 1.29 is 9.84 Å². The largest absolute Gasteiger partial charge is 0.497 e. The number of halogens is 1. The van der Waals surface area contributed by atoms with E-state index in [0.29, 0.717) is 5.41 Å². The van der Waals surface area contributed by atoms with E-state index in [9.17, 15) is 5.11 Å². The van der Waals surface area contributed by atoms with Crippen LogP contribution < -0.4 is 10.1 Å². The van der Waals surface area contributed by atoms with Crippen LogP contribution in [0, 0.1) is 5.92 Å². The SMILES string of the molecule is CN[C@@H](C)[C@@H](O)c1ccccc1.COc1ccc2c(c1)[C@]13CCCC[C@@H]1[C@H](C2)N(C)CC3.Cl. The average molecular weight is 473 g/mol. The maximum Gasteiger partial charge on any atom is 0.119 e. The molecule has 1 aliphatic heterocycles. The van der Waals surface area contributed by atoms with Crippen LogP contribution in [-0.4, -0.2) is 49.8 Å². The van der Waals surface area contributed by atoms with Crippen LogP contribution in [0.15, 0.2) is 48.5 Å². The number of benzene rings is 2. The maximum atomic E-state index is 9.73. The van der Waals surface area contributed by atoms with Crippen molar-refractivity contribution in [2.45, 2.75) is 69.1 Å². The van der Waals surface area contributed by atoms with Gasteiger partial charge in [0.05, 0.1) is 13.2 Å². The Kier molecular flexibility index (Phi) is 8.85. The summed E-state index contributed by atoms with van der Waals surface area (Å²) in [6, 6.07) is 17.4. The molecule has 0 aromatic heterocycles. The summed E-state index contributed by atoms with van der Waals surface area (Å²) in [7, 11) is 5.96. The lowest BCUT2D eigenvalue weighted by atomic mass is 9.52. The normalized spacial score (nSPS) is 27.5. The molecule has 33 heavy (non-hydrogen) atoms. The molecule has 5 atom stereocenters. The molecule has 2 N–H and O–H groups in total. The number of aliphatic hydroxyl groups excluding tert-OH is 1. The highest BCUT2D eigenvalue weighted by atomic mass is 35.5. The first-order valence-electron chi connectivity index (χ1n) is 12.3. The Morgan fingerprint density at radius 2 is 1.88 bits per heavy atom. The van der Waals surface area contributed by atoms with E-state index in [4.69, 9.17) is 4.74 Å². The zero-order valence-corrected chi connectivity index (χ0v) is 21.4. The molecule has 5 heteroatoms. The number of fused-ring (bicyclic) bond motifs is 1. The molecule has 2 aromatic carbocycles. The smallest absolute Gasteiger partial charge is 0.119 e. The van der Waals surface area contributed by atoms with Gasteiger partial charge in [-0.05, 0) is 88.0 Å². The van der Waals surface area contributed by atoms with Gasteiger partial charge in [0.1, 0.15) is 5.75 Å². The molecule has 2 fully saturated rings. The zero-order valence-electron chi connectivity index (χ0n) is 20.6. The van der Waals surface area contributed by atoms with Gasteiger partial charge < -0.3 is 20.1 Å². The van der Waals surface area contributed by atoms with Gasteiger partial charge in [-0.2, -0.15) is 0 Å². The molecular weight excluding hydrogens is 432 g/mol. The third-order valence-corrected chi connectivity index (χ3v) is 8.39. The van der Waals surface area contributed by atoms with E-state index in [1.807, 2.05) is 44.3 Å². The van der Waals surface area contributed by atoms with Crippen molar-refractivity contribution in [2.24, 2.45) is 5.92 Å². The van der Waals surface area contributed by atoms with E-state index in [0.717, 1.165) is 23.3 Å². The number of nitrogens with zero attached hydrogens (tertiary/aromatic N) is 1. The van der Waals surface area contributed by atoms with Crippen LogP contribution in [0.2, 0.25) is 0 Å². The lowest BCUT2D eigenvalue weighted by Crippen LogP contribution is -2.59. The van der Waals surface area contributed by atoms with E-state index in [-0.39, 0.29) is 18.4 Å². The van der Waals surface area contributed by atoms with Crippen LogP contribution in [0.5, 0.6) is 5.75 Å². The summed E-state index contributed by atoms with van der Waals surface area (Å²) in [6.07, 6.45) is 7.80. The number of hydrogen-bond donors (Lipinski definition) is 2. The Hall–Kier alpha value is -1.59. The third kappa shape index (κ3) is 5.09. The van der Waals surface area contributed by atoms with E-state index in [1.54, 1.807) is 18.2 Å². The second-order valence-corrected chi connectivity index (χ2v) is 9.97. The van der Waals surface area contributed by atoms with E-state index >= 15 is 0 Å². The Morgan fingerprint density at radius 3 is 2.58 bits per heavy atom. The first kappa shape index (κ1) is 26.0. The predicted molar refractivity (Wildman–Crippen MR) is 139 cm³/mol. The van der Waals surface area contributed by atoms with E-state index < -0.39 is 6.10 Å². The second-order valence-electron chi connectivity index (χ2n) is 9.97. The molecule has 182 valence electrons. The molecule has 2 bridgehead atoms. The third-order valence-electron chi connectivity index (χ3n) is 8.39. The molecule has 1 saturated carbocycles. The van der Waals surface area contributed by atoms with Crippen molar-refractivity contribution in [3.63, 3.8) is 0 Å². The number of likely N-dealkylation sites (N-methyl/N-ethyl adjacent to an activating group) is 2. The van der Waals surface area contributed by atoms with Crippen molar-refractivity contribution in [1.29, 1.82) is 0 Å². The fourth-order valence-corrected chi connectivity index (χ4v) is 6.40. The molecule has 2 aliphatic carbocycles. The highest BCUT2D eigenvalue weighted by Gasteiger charge is 2.53. The first-order chi connectivity index (χ1) is 15.5. The molecule has 0 unspecified atom stereocenters. The van der Waals surface area contributed by atoms with Gasteiger partial charge in [0.15, 0.2) is 0 Å². The highest BCUT2D eigenvalue weighted by Crippen LogP contribution is 2.55. The van der Waals surface area contributed by atoms with Crippen molar-refractivity contribution in [3.05, 3.63) is 65.2 Å². The molecule has 0 spiro atoms. The van der Waals surface area contributed by atoms with Crippen molar-refractivity contribution in [1.82, 2.24) is 10.2 Å². The van der Waals surface area contributed by atoms with Crippen LogP contribution in [0.3, 0.4) is 0 Å². The van der Waals surface area contributed by atoms with Gasteiger partial charge in [-0.15, -0.1) is 12.4 Å². The van der Waals surface area contributed by atoms with Crippen molar-refractivity contribution in [3.8, 4) is 5.75 Å². The van der Waals surface area contributed by atoms with Gasteiger partial charge in [-0.3, -0.25) is 0 Å². The zero-order chi connectivity index (χ0) is 22.7. The van der Waals surface area contributed by atoms with E-state index in [1.165, 1.54) is 45.1 Å². The first-order valence-corrected chi connectivity index (χ1v) is 12.3. The Balaban J connectivity index is 0.000000205. The summed E-state index contributed by atoms with van der Waals surface area (Å²) >= 11 is 0. The maximum absolute atomic E-state index is 9.73. The highest BCUT2D eigenvalue weighted by molar-refractivity contribution is 5.85. The number of methoxy groups -OCH3 is 1. The summed E-state index contributed by atoms with van der Waals surface area (Å²) in [5.74, 6) is 1.91. The number of hydrogen-bond acceptors (Lipinski definition) is 4. The number of likely N-dealkylation sites (tertiary alicyclic amines) is 1. The lowest BCUT2D eigenvalue weighted by molar-refractivity contribution is 0.00274. The lowest BCUT2D eigenvalue weighted by Gasteiger charge is -2.58. The standard InChI is InChI=1S/C18H25NO.C10H15NO.ClH/c1-19-10-9-18-8-4-3-5-15(18)17(19)11-13-6-7-14(20-2)12-16(13)18;1-8(11-2)10(12)9-6-4-3-5-7-9;/h6-7,12,15,17H,3-5,8-11H2,1-2H3;3-8,10-12H,1-2H3;1H/t15-,17+,18+;8-,10+;/m10./s1. The van der Waals surface area contributed by atoms with E-state index in [2.05, 4.69) is 35.5 Å². The molecule has 5 rings (SSSR count). The summed E-state index contributed by atoms with van der Waals surface area (Å²) < 4.78 is 5.51. The Bertz CT molecular complexity index is 893. The molecular formula is C28H41ClN2O2. The molecule has 1 heterocycles. The number of piperidine rings is 1. The fourth-order valence-electron chi connectivity index (χ4n) is 6.40. The number of rotatable bonds is 4. The van der Waals surface area contributed by atoms with Crippen LogP contribution in [-0.2, 0) is 11.8 Å². The van der Waals surface area contributed by atoms with Crippen molar-refractivity contribution in [2.75, 3.05) is 27.7 Å². The van der Waals surface area contributed by atoms with Crippen LogP contribution in [0.25, 0.3) is 0 Å². The van der Waals surface area contributed by atoms with Gasteiger partial charge in [-0.1, -0.05) is 49.2 Å². The van der Waals surface area contributed by atoms with Gasteiger partial charge in [0.25, 0.3) is 0 Å². The fraction of sp³-hybridized carbons (Fsp3) is 0.571. The molecule has 4 nitrogen and oxygen atoms in total. The summed E-state index contributed by atoms with van der Waals surface area (Å²) in [4.78, 5) is 2.63. The number of aliphatic hydroxyl groups is 1. The molecule has 0 amide bonds. The topological polar surface area (TPSA) is 44.7 Å². The minimum Gasteiger partial charge on any atom is -0.497 e. The van der Waals surface area contributed by atoms with Crippen LogP contribution in [0.1, 0.15) is 61.8 Å². The second kappa shape index (κ2) is 11.2. The summed E-state index contributed by atoms with van der Waals surface area (Å²) in [5, 5.41) is 12.7. The average Bonchev–Trinajstić information content (AvgIpc) is 2.86. The minimum absolute atomic E-state index is 0. The van der Waals surface area contributed by atoms with Crippen LogP contribution in [0.4, 0.5) is 0 Å².